The van der Waals surface area contributed by atoms with Crippen molar-refractivity contribution in [1.29, 1.82) is 0 Å². The second kappa shape index (κ2) is 6.02. The molecule has 0 aliphatic carbocycles. The maximum Gasteiger partial charge on any atom is 0.255 e. The van der Waals surface area contributed by atoms with E-state index in [4.69, 9.17) is 0 Å². The topological polar surface area (TPSA) is 58.2 Å². The summed E-state index contributed by atoms with van der Waals surface area (Å²) in [7, 11) is 1.57. The first-order valence-corrected chi connectivity index (χ1v) is 6.30. The lowest BCUT2D eigenvalue weighted by Crippen LogP contribution is -2.18. The van der Waals surface area contributed by atoms with Gasteiger partial charge in [0.25, 0.3) is 11.8 Å². The Labute approximate surface area is 117 Å². The molecule has 2 aromatic rings. The van der Waals surface area contributed by atoms with Gasteiger partial charge in [-0.1, -0.05) is 12.1 Å². The Morgan fingerprint density at radius 1 is 0.900 bits per heavy atom. The first-order chi connectivity index (χ1) is 9.60. The van der Waals surface area contributed by atoms with Crippen LogP contribution in [0.5, 0.6) is 0 Å². The molecule has 2 N–H and O–H groups in total. The van der Waals surface area contributed by atoms with Crippen LogP contribution in [0.2, 0.25) is 0 Å². The van der Waals surface area contributed by atoms with Crippen molar-refractivity contribution in [1.82, 2.24) is 5.32 Å². The molecule has 0 unspecified atom stereocenters. The van der Waals surface area contributed by atoms with Gasteiger partial charge in [0.2, 0.25) is 0 Å². The molecule has 0 radical (unpaired) electrons. The van der Waals surface area contributed by atoms with Crippen molar-refractivity contribution in [2.24, 2.45) is 0 Å². The number of carbonyl (C=O) groups excluding carboxylic acids is 2. The Bertz CT molecular complexity index is 633. The van der Waals surface area contributed by atoms with Crippen molar-refractivity contribution in [3.63, 3.8) is 0 Å². The minimum Gasteiger partial charge on any atom is -0.355 e. The molecule has 0 saturated heterocycles. The highest BCUT2D eigenvalue weighted by atomic mass is 16.2. The van der Waals surface area contributed by atoms with Crippen LogP contribution in [0, 0.1) is 6.92 Å². The summed E-state index contributed by atoms with van der Waals surface area (Å²) in [4.78, 5) is 23.5. The van der Waals surface area contributed by atoms with Crippen LogP contribution in [0.3, 0.4) is 0 Å². The molecular formula is C16H16N2O2. The Morgan fingerprint density at radius 2 is 1.50 bits per heavy atom. The standard InChI is InChI=1S/C16H16N2O2/c1-11-4-3-5-14(10-11)18-16(20)13-8-6-12(7-9-13)15(19)17-2/h3-10H,1-2H3,(H,17,19)(H,18,20). The highest BCUT2D eigenvalue weighted by molar-refractivity contribution is 6.05. The van der Waals surface area contributed by atoms with Crippen LogP contribution in [0.25, 0.3) is 0 Å². The molecule has 0 spiro atoms. The van der Waals surface area contributed by atoms with Gasteiger partial charge in [0, 0.05) is 23.9 Å². The van der Waals surface area contributed by atoms with Crippen molar-refractivity contribution in [3.05, 3.63) is 65.2 Å². The number of anilines is 1. The molecule has 0 aliphatic rings. The van der Waals surface area contributed by atoms with E-state index in [2.05, 4.69) is 10.6 Å². The van der Waals surface area contributed by atoms with Gasteiger partial charge in [-0.3, -0.25) is 9.59 Å². The Balaban J connectivity index is 2.11. The summed E-state index contributed by atoms with van der Waals surface area (Å²) in [6.07, 6.45) is 0. The zero-order valence-electron chi connectivity index (χ0n) is 11.4. The van der Waals surface area contributed by atoms with E-state index in [-0.39, 0.29) is 11.8 Å². The highest BCUT2D eigenvalue weighted by Crippen LogP contribution is 2.12. The largest absolute Gasteiger partial charge is 0.355 e. The molecule has 2 amide bonds. The van der Waals surface area contributed by atoms with E-state index < -0.39 is 0 Å². The maximum absolute atomic E-state index is 12.1. The first-order valence-electron chi connectivity index (χ1n) is 6.30. The number of carbonyl (C=O) groups is 2. The molecule has 2 aromatic carbocycles. The fraction of sp³-hybridized carbons (Fsp3) is 0.125. The quantitative estimate of drug-likeness (QED) is 0.899. The number of hydrogen-bond acceptors (Lipinski definition) is 2. The van der Waals surface area contributed by atoms with E-state index in [1.54, 1.807) is 31.3 Å². The van der Waals surface area contributed by atoms with E-state index in [1.165, 1.54) is 0 Å². The van der Waals surface area contributed by atoms with Crippen LogP contribution in [-0.2, 0) is 0 Å². The lowest BCUT2D eigenvalue weighted by atomic mass is 10.1. The molecule has 0 aliphatic heterocycles. The molecule has 4 heteroatoms. The minimum absolute atomic E-state index is 0.171. The van der Waals surface area contributed by atoms with Crippen LogP contribution >= 0.6 is 0 Å². The number of nitrogens with one attached hydrogen (secondary N) is 2. The number of hydrogen-bond donors (Lipinski definition) is 2. The van der Waals surface area contributed by atoms with Gasteiger partial charge in [0.15, 0.2) is 0 Å². The lowest BCUT2D eigenvalue weighted by Gasteiger charge is -2.06. The predicted molar refractivity (Wildman–Crippen MR) is 79.0 cm³/mol. The third-order valence-corrected chi connectivity index (χ3v) is 2.91. The van der Waals surface area contributed by atoms with Crippen LogP contribution in [0.4, 0.5) is 5.69 Å². The number of rotatable bonds is 3. The molecule has 0 bridgehead atoms. The van der Waals surface area contributed by atoms with Gasteiger partial charge >= 0.3 is 0 Å². The number of benzene rings is 2. The van der Waals surface area contributed by atoms with E-state index in [1.807, 2.05) is 31.2 Å². The van der Waals surface area contributed by atoms with E-state index in [0.717, 1.165) is 11.3 Å². The van der Waals surface area contributed by atoms with Gasteiger partial charge in [-0.2, -0.15) is 0 Å². The summed E-state index contributed by atoms with van der Waals surface area (Å²) in [6, 6.07) is 14.1. The van der Waals surface area contributed by atoms with Crippen molar-refractivity contribution >= 4 is 17.5 Å². The molecule has 0 fully saturated rings. The number of amides is 2. The summed E-state index contributed by atoms with van der Waals surface area (Å²) >= 11 is 0. The average Bonchev–Trinajstić information content (AvgIpc) is 2.46. The minimum atomic E-state index is -0.195. The Kier molecular flexibility index (Phi) is 4.15. The molecule has 0 atom stereocenters. The third-order valence-electron chi connectivity index (χ3n) is 2.91. The molecule has 20 heavy (non-hydrogen) atoms. The second-order valence-electron chi connectivity index (χ2n) is 4.48. The molecule has 0 saturated carbocycles. The monoisotopic (exact) mass is 268 g/mol. The van der Waals surface area contributed by atoms with Gasteiger partial charge in [-0.25, -0.2) is 0 Å². The van der Waals surface area contributed by atoms with Crippen LogP contribution in [-0.4, -0.2) is 18.9 Å². The summed E-state index contributed by atoms with van der Waals surface area (Å²) in [5.41, 5.74) is 2.88. The van der Waals surface area contributed by atoms with Gasteiger partial charge in [-0.15, -0.1) is 0 Å². The average molecular weight is 268 g/mol. The van der Waals surface area contributed by atoms with Crippen LogP contribution in [0.15, 0.2) is 48.5 Å². The van der Waals surface area contributed by atoms with Crippen molar-refractivity contribution < 1.29 is 9.59 Å². The van der Waals surface area contributed by atoms with Crippen LogP contribution < -0.4 is 10.6 Å². The summed E-state index contributed by atoms with van der Waals surface area (Å²) in [6.45, 7) is 1.97. The van der Waals surface area contributed by atoms with E-state index in [0.29, 0.717) is 11.1 Å². The molecule has 0 aromatic heterocycles. The molecule has 0 heterocycles. The zero-order chi connectivity index (χ0) is 14.5. The molecule has 2 rings (SSSR count). The third kappa shape index (κ3) is 3.23. The van der Waals surface area contributed by atoms with Gasteiger partial charge in [0.05, 0.1) is 0 Å². The van der Waals surface area contributed by atoms with Crippen molar-refractivity contribution in [2.75, 3.05) is 12.4 Å². The van der Waals surface area contributed by atoms with E-state index >= 15 is 0 Å². The Hall–Kier alpha value is -2.62. The van der Waals surface area contributed by atoms with Gasteiger partial charge in [0.1, 0.15) is 0 Å². The van der Waals surface area contributed by atoms with Gasteiger partial charge in [-0.05, 0) is 48.9 Å². The SMILES string of the molecule is CNC(=O)c1ccc(C(=O)Nc2cccc(C)c2)cc1. The summed E-state index contributed by atoms with van der Waals surface area (Å²) in [5, 5.41) is 5.36. The Morgan fingerprint density at radius 3 is 2.05 bits per heavy atom. The maximum atomic E-state index is 12.1. The predicted octanol–water partition coefficient (Wildman–Crippen LogP) is 2.61. The number of aryl methyl sites for hydroxylation is 1. The second-order valence-corrected chi connectivity index (χ2v) is 4.48. The normalized spacial score (nSPS) is 9.90. The molecular weight excluding hydrogens is 252 g/mol. The fourth-order valence-corrected chi connectivity index (χ4v) is 1.84. The lowest BCUT2D eigenvalue weighted by molar-refractivity contribution is 0.0961. The zero-order valence-corrected chi connectivity index (χ0v) is 11.4. The molecule has 4 nitrogen and oxygen atoms in total. The summed E-state index contributed by atoms with van der Waals surface area (Å²) in [5.74, 6) is -0.366. The highest BCUT2D eigenvalue weighted by Gasteiger charge is 2.08. The fourth-order valence-electron chi connectivity index (χ4n) is 1.84. The first kappa shape index (κ1) is 13.8. The van der Waals surface area contributed by atoms with Crippen molar-refractivity contribution in [2.45, 2.75) is 6.92 Å². The smallest absolute Gasteiger partial charge is 0.255 e. The van der Waals surface area contributed by atoms with E-state index in [9.17, 15) is 9.59 Å². The van der Waals surface area contributed by atoms with Crippen molar-refractivity contribution in [3.8, 4) is 0 Å². The summed E-state index contributed by atoms with van der Waals surface area (Å²) < 4.78 is 0. The van der Waals surface area contributed by atoms with Gasteiger partial charge < -0.3 is 10.6 Å². The molecule has 102 valence electrons. The van der Waals surface area contributed by atoms with Crippen LogP contribution in [0.1, 0.15) is 26.3 Å².